The zero-order chi connectivity index (χ0) is 13.0. The third-order valence-corrected chi connectivity index (χ3v) is 5.88. The van der Waals surface area contributed by atoms with E-state index in [4.69, 9.17) is 10.3 Å². The predicted octanol–water partition coefficient (Wildman–Crippen LogP) is 3.75. The van der Waals surface area contributed by atoms with Crippen molar-refractivity contribution in [1.82, 2.24) is 5.16 Å². The van der Waals surface area contributed by atoms with Crippen molar-refractivity contribution in [3.05, 3.63) is 11.3 Å². The van der Waals surface area contributed by atoms with E-state index in [2.05, 4.69) is 12.1 Å². The first kappa shape index (κ1) is 11.8. The van der Waals surface area contributed by atoms with Crippen molar-refractivity contribution in [3.63, 3.8) is 0 Å². The molecule has 1 aromatic heterocycles. The Morgan fingerprint density at radius 3 is 2.32 bits per heavy atom. The zero-order valence-electron chi connectivity index (χ0n) is 11.8. The molecule has 0 unspecified atom stereocenters. The summed E-state index contributed by atoms with van der Waals surface area (Å²) in [6.45, 7) is 2.20. The van der Waals surface area contributed by atoms with E-state index >= 15 is 0 Å². The Hall–Kier alpha value is -0.990. The molecule has 0 aliphatic heterocycles. The highest BCUT2D eigenvalue weighted by Crippen LogP contribution is 2.60. The summed E-state index contributed by atoms with van der Waals surface area (Å²) in [4.78, 5) is 0. The van der Waals surface area contributed by atoms with Crippen LogP contribution in [0.15, 0.2) is 4.52 Å². The molecule has 4 aliphatic carbocycles. The fourth-order valence-corrected chi connectivity index (χ4v) is 5.45. The van der Waals surface area contributed by atoms with Crippen LogP contribution in [-0.4, -0.2) is 5.16 Å². The number of anilines is 1. The SMILES string of the molecule is CCCc1c(N)noc1C1C2CC3CC(C2)CC1C3. The van der Waals surface area contributed by atoms with Crippen LogP contribution in [0.3, 0.4) is 0 Å². The Kier molecular flexibility index (Phi) is 2.64. The van der Waals surface area contributed by atoms with E-state index in [0.717, 1.165) is 42.3 Å². The van der Waals surface area contributed by atoms with Gasteiger partial charge >= 0.3 is 0 Å². The van der Waals surface area contributed by atoms with Crippen LogP contribution >= 0.6 is 0 Å². The van der Waals surface area contributed by atoms with Crippen molar-refractivity contribution in [3.8, 4) is 0 Å². The minimum absolute atomic E-state index is 0.624. The van der Waals surface area contributed by atoms with Crippen molar-refractivity contribution < 1.29 is 4.52 Å². The van der Waals surface area contributed by atoms with Crippen LogP contribution in [0.4, 0.5) is 5.82 Å². The molecule has 0 atom stereocenters. The van der Waals surface area contributed by atoms with E-state index in [-0.39, 0.29) is 0 Å². The average molecular weight is 260 g/mol. The van der Waals surface area contributed by atoms with Crippen LogP contribution in [0.1, 0.15) is 62.7 Å². The minimum atomic E-state index is 0.624. The normalized spacial score (nSPS) is 39.9. The Balaban J connectivity index is 1.69. The number of aromatic nitrogens is 1. The van der Waals surface area contributed by atoms with Crippen LogP contribution in [-0.2, 0) is 6.42 Å². The van der Waals surface area contributed by atoms with Crippen LogP contribution < -0.4 is 5.73 Å². The molecule has 4 bridgehead atoms. The molecule has 0 radical (unpaired) electrons. The van der Waals surface area contributed by atoms with Gasteiger partial charge in [-0.15, -0.1) is 0 Å². The smallest absolute Gasteiger partial charge is 0.170 e. The fraction of sp³-hybridized carbons (Fsp3) is 0.812. The summed E-state index contributed by atoms with van der Waals surface area (Å²) in [5, 5.41) is 4.07. The van der Waals surface area contributed by atoms with Gasteiger partial charge in [0.1, 0.15) is 5.76 Å². The van der Waals surface area contributed by atoms with E-state index in [0.29, 0.717) is 11.7 Å². The Morgan fingerprint density at radius 2 is 1.74 bits per heavy atom. The van der Waals surface area contributed by atoms with Crippen LogP contribution in [0, 0.1) is 23.7 Å². The molecule has 4 aliphatic rings. The lowest BCUT2D eigenvalue weighted by molar-refractivity contribution is -0.0117. The first-order chi connectivity index (χ1) is 9.26. The van der Waals surface area contributed by atoms with Gasteiger partial charge < -0.3 is 10.3 Å². The zero-order valence-corrected chi connectivity index (χ0v) is 11.8. The van der Waals surface area contributed by atoms with Gasteiger partial charge in [-0.1, -0.05) is 18.5 Å². The molecule has 2 N–H and O–H groups in total. The molecule has 0 aromatic carbocycles. The van der Waals surface area contributed by atoms with E-state index in [1.54, 1.807) is 0 Å². The average Bonchev–Trinajstić information content (AvgIpc) is 2.71. The molecule has 4 saturated carbocycles. The first-order valence-electron chi connectivity index (χ1n) is 8.00. The van der Waals surface area contributed by atoms with Gasteiger partial charge in [0, 0.05) is 11.5 Å². The topological polar surface area (TPSA) is 52.0 Å². The third-order valence-electron chi connectivity index (χ3n) is 5.88. The summed E-state index contributed by atoms with van der Waals surface area (Å²) in [6, 6.07) is 0. The predicted molar refractivity (Wildman–Crippen MR) is 74.7 cm³/mol. The maximum absolute atomic E-state index is 6.02. The molecule has 0 spiro atoms. The molecule has 0 saturated heterocycles. The van der Waals surface area contributed by atoms with Crippen molar-refractivity contribution in [1.29, 1.82) is 0 Å². The van der Waals surface area contributed by atoms with E-state index in [1.165, 1.54) is 37.7 Å². The van der Waals surface area contributed by atoms with Gasteiger partial charge in [0.25, 0.3) is 0 Å². The van der Waals surface area contributed by atoms with Gasteiger partial charge in [0.2, 0.25) is 0 Å². The second-order valence-electron chi connectivity index (χ2n) is 7.12. The lowest BCUT2D eigenvalue weighted by Gasteiger charge is -2.53. The van der Waals surface area contributed by atoms with Crippen molar-refractivity contribution >= 4 is 5.82 Å². The molecule has 5 rings (SSSR count). The molecular weight excluding hydrogens is 236 g/mol. The Labute approximate surface area is 114 Å². The Morgan fingerprint density at radius 1 is 1.11 bits per heavy atom. The highest BCUT2D eigenvalue weighted by molar-refractivity contribution is 5.42. The number of nitrogens with two attached hydrogens (primary N) is 1. The van der Waals surface area contributed by atoms with Gasteiger partial charge in [0.15, 0.2) is 5.82 Å². The highest BCUT2D eigenvalue weighted by Gasteiger charge is 2.50. The number of rotatable bonds is 3. The summed E-state index contributed by atoms with van der Waals surface area (Å²) in [5.74, 6) is 6.14. The van der Waals surface area contributed by atoms with E-state index in [9.17, 15) is 0 Å². The minimum Gasteiger partial charge on any atom is -0.381 e. The number of nitrogens with zero attached hydrogens (tertiary/aromatic N) is 1. The quantitative estimate of drug-likeness (QED) is 0.900. The van der Waals surface area contributed by atoms with E-state index in [1.807, 2.05) is 0 Å². The van der Waals surface area contributed by atoms with Crippen molar-refractivity contribution in [2.45, 2.75) is 57.8 Å². The van der Waals surface area contributed by atoms with Crippen molar-refractivity contribution in [2.75, 3.05) is 5.73 Å². The maximum Gasteiger partial charge on any atom is 0.170 e. The monoisotopic (exact) mass is 260 g/mol. The van der Waals surface area contributed by atoms with Crippen molar-refractivity contribution in [2.24, 2.45) is 23.7 Å². The molecule has 1 heterocycles. The van der Waals surface area contributed by atoms with Gasteiger partial charge in [-0.3, -0.25) is 0 Å². The van der Waals surface area contributed by atoms with E-state index < -0.39 is 0 Å². The van der Waals surface area contributed by atoms with Gasteiger partial charge in [-0.2, -0.15) is 0 Å². The molecule has 104 valence electrons. The third kappa shape index (κ3) is 1.73. The number of nitrogen functional groups attached to an aromatic ring is 1. The molecule has 1 aromatic rings. The maximum atomic E-state index is 6.02. The molecule has 0 amide bonds. The summed E-state index contributed by atoms with van der Waals surface area (Å²) in [6.07, 6.45) is 9.32. The Bertz CT molecular complexity index is 451. The van der Waals surface area contributed by atoms with Gasteiger partial charge in [-0.05, 0) is 62.2 Å². The van der Waals surface area contributed by atoms with Crippen LogP contribution in [0.25, 0.3) is 0 Å². The standard InChI is InChI=1S/C16H24N2O/c1-2-3-13-15(19-18-16(13)17)14-11-5-9-4-10(7-11)8-12(14)6-9/h9-12,14H,2-8H2,1H3,(H2,17,18). The molecule has 4 fully saturated rings. The molecule has 3 heteroatoms. The highest BCUT2D eigenvalue weighted by atomic mass is 16.5. The van der Waals surface area contributed by atoms with Crippen LogP contribution in [0.2, 0.25) is 0 Å². The number of hydrogen-bond acceptors (Lipinski definition) is 3. The summed E-state index contributed by atoms with van der Waals surface area (Å²) in [7, 11) is 0. The first-order valence-corrected chi connectivity index (χ1v) is 8.00. The van der Waals surface area contributed by atoms with Gasteiger partial charge in [-0.25, -0.2) is 0 Å². The molecule has 3 nitrogen and oxygen atoms in total. The fourth-order valence-electron chi connectivity index (χ4n) is 5.45. The van der Waals surface area contributed by atoms with Gasteiger partial charge in [0.05, 0.1) is 0 Å². The summed E-state index contributed by atoms with van der Waals surface area (Å²) in [5.41, 5.74) is 7.24. The second-order valence-corrected chi connectivity index (χ2v) is 7.12. The lowest BCUT2D eigenvalue weighted by atomic mass is 9.51. The number of hydrogen-bond donors (Lipinski definition) is 1. The van der Waals surface area contributed by atoms with Crippen LogP contribution in [0.5, 0.6) is 0 Å². The lowest BCUT2D eigenvalue weighted by Crippen LogP contribution is -2.43. The summed E-state index contributed by atoms with van der Waals surface area (Å²) < 4.78 is 5.70. The molecule has 19 heavy (non-hydrogen) atoms. The summed E-state index contributed by atoms with van der Waals surface area (Å²) >= 11 is 0. The largest absolute Gasteiger partial charge is 0.381 e. The molecular formula is C16H24N2O. The second kappa shape index (κ2) is 4.26.